The van der Waals surface area contributed by atoms with Crippen molar-refractivity contribution in [2.24, 2.45) is 0 Å². The minimum atomic E-state index is 0.720. The smallest absolute Gasteiger partial charge is 0.0192 e. The molecule has 0 aromatic heterocycles. The van der Waals surface area contributed by atoms with Gasteiger partial charge in [0.2, 0.25) is 0 Å². The maximum absolute atomic E-state index is 3.87. The second kappa shape index (κ2) is 6.11. The zero-order chi connectivity index (χ0) is 13.2. The lowest BCUT2D eigenvalue weighted by atomic mass is 9.97. The van der Waals surface area contributed by atoms with Crippen LogP contribution < -0.4 is 5.32 Å². The molecule has 3 fully saturated rings. The quantitative estimate of drug-likeness (QED) is 0.839. The maximum Gasteiger partial charge on any atom is 0.0192 e. The lowest BCUT2D eigenvalue weighted by Gasteiger charge is -2.38. The van der Waals surface area contributed by atoms with E-state index in [9.17, 15) is 0 Å². The summed E-state index contributed by atoms with van der Waals surface area (Å²) in [6.07, 6.45) is 9.86. The molecule has 0 aromatic rings. The van der Waals surface area contributed by atoms with E-state index in [1.54, 1.807) is 0 Å². The summed E-state index contributed by atoms with van der Waals surface area (Å²) in [5.41, 5.74) is 0. The fourth-order valence-electron chi connectivity index (χ4n) is 4.40. The molecule has 3 rings (SSSR count). The average Bonchev–Trinajstić information content (AvgIpc) is 2.68. The van der Waals surface area contributed by atoms with Crippen LogP contribution in [-0.4, -0.2) is 60.6 Å². The molecular formula is C16H31N3. The Morgan fingerprint density at radius 1 is 1.05 bits per heavy atom. The van der Waals surface area contributed by atoms with E-state index in [1.807, 2.05) is 0 Å². The van der Waals surface area contributed by atoms with Crippen molar-refractivity contribution in [3.8, 4) is 0 Å². The molecule has 3 saturated heterocycles. The van der Waals surface area contributed by atoms with Crippen molar-refractivity contribution < 1.29 is 0 Å². The summed E-state index contributed by atoms with van der Waals surface area (Å²) in [5, 5.41) is 3.87. The number of hydrogen-bond donors (Lipinski definition) is 1. The van der Waals surface area contributed by atoms with Crippen LogP contribution in [0.25, 0.3) is 0 Å². The second-order valence-electron chi connectivity index (χ2n) is 7.07. The number of rotatable bonds is 4. The Hall–Kier alpha value is -0.120. The first kappa shape index (κ1) is 13.8. The van der Waals surface area contributed by atoms with Crippen molar-refractivity contribution in [1.29, 1.82) is 0 Å². The van der Waals surface area contributed by atoms with Gasteiger partial charge in [-0.1, -0.05) is 6.42 Å². The van der Waals surface area contributed by atoms with Gasteiger partial charge in [0.1, 0.15) is 0 Å². The Labute approximate surface area is 118 Å². The van der Waals surface area contributed by atoms with Crippen LogP contribution in [-0.2, 0) is 0 Å². The number of likely N-dealkylation sites (tertiary alicyclic amines) is 1. The Balaban J connectivity index is 1.42. The van der Waals surface area contributed by atoms with Crippen molar-refractivity contribution in [3.63, 3.8) is 0 Å². The van der Waals surface area contributed by atoms with Crippen molar-refractivity contribution in [2.45, 2.75) is 76.0 Å². The fraction of sp³-hybridized carbons (Fsp3) is 1.00. The zero-order valence-electron chi connectivity index (χ0n) is 12.8. The minimum Gasteiger partial charge on any atom is -0.312 e. The van der Waals surface area contributed by atoms with Gasteiger partial charge in [-0.2, -0.15) is 0 Å². The number of nitrogens with zero attached hydrogens (tertiary/aromatic N) is 2. The Bertz CT molecular complexity index is 274. The number of piperidine rings is 2. The first-order valence-corrected chi connectivity index (χ1v) is 8.43. The molecule has 3 unspecified atom stereocenters. The van der Waals surface area contributed by atoms with Crippen LogP contribution in [0.3, 0.4) is 0 Å². The molecule has 3 heteroatoms. The van der Waals surface area contributed by atoms with E-state index in [-0.39, 0.29) is 0 Å². The van der Waals surface area contributed by atoms with Gasteiger partial charge in [0, 0.05) is 30.7 Å². The summed E-state index contributed by atoms with van der Waals surface area (Å²) in [6.45, 7) is 6.23. The van der Waals surface area contributed by atoms with Crippen LogP contribution in [0.2, 0.25) is 0 Å². The van der Waals surface area contributed by atoms with Gasteiger partial charge in [-0.05, 0) is 65.6 Å². The SMILES string of the molecule is CC(CNC1CC2CCC(C1)N2C)N1CCCCC1. The Kier molecular flexibility index (Phi) is 4.45. The molecule has 0 aliphatic carbocycles. The largest absolute Gasteiger partial charge is 0.312 e. The van der Waals surface area contributed by atoms with Crippen LogP contribution in [0.1, 0.15) is 51.9 Å². The van der Waals surface area contributed by atoms with Crippen molar-refractivity contribution >= 4 is 0 Å². The monoisotopic (exact) mass is 265 g/mol. The third kappa shape index (κ3) is 3.14. The van der Waals surface area contributed by atoms with Crippen LogP contribution in [0.5, 0.6) is 0 Å². The molecule has 2 bridgehead atoms. The van der Waals surface area contributed by atoms with Crippen molar-refractivity contribution in [1.82, 2.24) is 15.1 Å². The lowest BCUT2D eigenvalue weighted by Crippen LogP contribution is -2.50. The van der Waals surface area contributed by atoms with Crippen molar-refractivity contribution in [3.05, 3.63) is 0 Å². The highest BCUT2D eigenvalue weighted by Gasteiger charge is 2.38. The van der Waals surface area contributed by atoms with Gasteiger partial charge in [-0.15, -0.1) is 0 Å². The molecule has 3 aliphatic rings. The second-order valence-corrected chi connectivity index (χ2v) is 7.07. The maximum atomic E-state index is 3.87. The standard InChI is InChI=1S/C16H31N3/c1-13(19-8-4-3-5-9-19)12-17-14-10-15-6-7-16(11-14)18(15)2/h13-17H,3-12H2,1-2H3. The van der Waals surface area contributed by atoms with Gasteiger partial charge in [0.05, 0.1) is 0 Å². The minimum absolute atomic E-state index is 0.720. The molecule has 0 aromatic carbocycles. The van der Waals surface area contributed by atoms with Crippen LogP contribution >= 0.6 is 0 Å². The van der Waals surface area contributed by atoms with Gasteiger partial charge in [-0.25, -0.2) is 0 Å². The van der Waals surface area contributed by atoms with Gasteiger partial charge in [0.15, 0.2) is 0 Å². The highest BCUT2D eigenvalue weighted by Crippen LogP contribution is 2.34. The highest BCUT2D eigenvalue weighted by molar-refractivity contribution is 4.96. The lowest BCUT2D eigenvalue weighted by molar-refractivity contribution is 0.133. The van der Waals surface area contributed by atoms with E-state index in [2.05, 4.69) is 29.1 Å². The average molecular weight is 265 g/mol. The molecule has 3 aliphatic heterocycles. The topological polar surface area (TPSA) is 18.5 Å². The molecule has 0 radical (unpaired) electrons. The van der Waals surface area contributed by atoms with E-state index in [0.717, 1.165) is 24.2 Å². The summed E-state index contributed by atoms with van der Waals surface area (Å²) in [7, 11) is 2.33. The number of fused-ring (bicyclic) bond motifs is 2. The van der Waals surface area contributed by atoms with Gasteiger partial charge in [-0.3, -0.25) is 4.90 Å². The predicted molar refractivity (Wildman–Crippen MR) is 80.5 cm³/mol. The first-order valence-electron chi connectivity index (χ1n) is 8.43. The summed E-state index contributed by atoms with van der Waals surface area (Å²) in [5.74, 6) is 0. The summed E-state index contributed by atoms with van der Waals surface area (Å²) in [6, 6.07) is 3.22. The molecule has 3 nitrogen and oxygen atoms in total. The van der Waals surface area contributed by atoms with E-state index in [1.165, 1.54) is 64.6 Å². The van der Waals surface area contributed by atoms with Gasteiger partial charge >= 0.3 is 0 Å². The summed E-state index contributed by atoms with van der Waals surface area (Å²) < 4.78 is 0. The predicted octanol–water partition coefficient (Wildman–Crippen LogP) is 2.08. The van der Waals surface area contributed by atoms with Crippen LogP contribution in [0, 0.1) is 0 Å². The Morgan fingerprint density at radius 3 is 2.32 bits per heavy atom. The molecular weight excluding hydrogens is 234 g/mol. The number of hydrogen-bond acceptors (Lipinski definition) is 3. The van der Waals surface area contributed by atoms with E-state index >= 15 is 0 Å². The van der Waals surface area contributed by atoms with Gasteiger partial charge < -0.3 is 10.2 Å². The van der Waals surface area contributed by atoms with Crippen molar-refractivity contribution in [2.75, 3.05) is 26.7 Å². The third-order valence-corrected chi connectivity index (χ3v) is 5.81. The van der Waals surface area contributed by atoms with E-state index in [0.29, 0.717) is 0 Å². The molecule has 1 N–H and O–H groups in total. The molecule has 3 heterocycles. The third-order valence-electron chi connectivity index (χ3n) is 5.81. The molecule has 110 valence electrons. The summed E-state index contributed by atoms with van der Waals surface area (Å²) in [4.78, 5) is 5.31. The first-order chi connectivity index (χ1) is 9.24. The highest BCUT2D eigenvalue weighted by atomic mass is 15.2. The molecule has 19 heavy (non-hydrogen) atoms. The Morgan fingerprint density at radius 2 is 1.68 bits per heavy atom. The zero-order valence-corrected chi connectivity index (χ0v) is 12.8. The molecule has 0 amide bonds. The van der Waals surface area contributed by atoms with Gasteiger partial charge in [0.25, 0.3) is 0 Å². The van der Waals surface area contributed by atoms with E-state index in [4.69, 9.17) is 0 Å². The fourth-order valence-corrected chi connectivity index (χ4v) is 4.40. The van der Waals surface area contributed by atoms with Crippen LogP contribution in [0.4, 0.5) is 0 Å². The summed E-state index contributed by atoms with van der Waals surface area (Å²) >= 11 is 0. The molecule has 3 atom stereocenters. The molecule has 0 spiro atoms. The molecule has 0 saturated carbocycles. The number of nitrogens with one attached hydrogen (secondary N) is 1. The van der Waals surface area contributed by atoms with E-state index < -0.39 is 0 Å². The normalized spacial score (nSPS) is 38.5. The van der Waals surface area contributed by atoms with Crippen LogP contribution in [0.15, 0.2) is 0 Å².